The number of anilines is 1. The van der Waals surface area contributed by atoms with Gasteiger partial charge in [-0.25, -0.2) is 4.98 Å². The fraction of sp³-hybridized carbons (Fsp3) is 0.312. The number of nitrogens with two attached hydrogens (primary N) is 1. The number of thioether (sulfide) groups is 1. The summed E-state index contributed by atoms with van der Waals surface area (Å²) < 4.78 is 6.43. The molecule has 0 bridgehead atoms. The third-order valence-corrected chi connectivity index (χ3v) is 5.51. The monoisotopic (exact) mass is 365 g/mol. The van der Waals surface area contributed by atoms with E-state index in [1.165, 1.54) is 23.1 Å². The maximum absolute atomic E-state index is 12.0. The lowest BCUT2D eigenvalue weighted by Gasteiger charge is -2.09. The Morgan fingerprint density at radius 3 is 2.79 bits per heavy atom. The summed E-state index contributed by atoms with van der Waals surface area (Å²) >= 11 is 2.63. The number of hydrogen-bond acceptors (Lipinski definition) is 6. The number of hydrogen-bond donors (Lipinski definition) is 2. The fourth-order valence-electron chi connectivity index (χ4n) is 1.87. The summed E-state index contributed by atoms with van der Waals surface area (Å²) in [6, 6.07) is 5.84. The van der Waals surface area contributed by atoms with E-state index in [-0.39, 0.29) is 24.2 Å². The Morgan fingerprint density at radius 2 is 2.08 bits per heavy atom. The molecule has 1 aromatic heterocycles. The number of amides is 2. The highest BCUT2D eigenvalue weighted by molar-refractivity contribution is 8.01. The summed E-state index contributed by atoms with van der Waals surface area (Å²) in [6.07, 6.45) is 0. The van der Waals surface area contributed by atoms with Gasteiger partial charge >= 0.3 is 0 Å². The third-order valence-electron chi connectivity index (χ3n) is 3.05. The highest BCUT2D eigenvalue weighted by atomic mass is 32.2. The van der Waals surface area contributed by atoms with Gasteiger partial charge in [-0.3, -0.25) is 14.9 Å². The molecule has 24 heavy (non-hydrogen) atoms. The molecule has 0 radical (unpaired) electrons. The smallest absolute Gasteiger partial charge is 0.264 e. The number of nitrogens with zero attached hydrogens (tertiary/aromatic N) is 1. The Hall–Kier alpha value is -2.06. The van der Waals surface area contributed by atoms with Crippen LogP contribution in [-0.4, -0.2) is 29.2 Å². The van der Waals surface area contributed by atoms with Gasteiger partial charge in [-0.1, -0.05) is 23.5 Å². The fourth-order valence-corrected chi connectivity index (χ4v) is 3.76. The maximum atomic E-state index is 12.0. The summed E-state index contributed by atoms with van der Waals surface area (Å²) in [5.74, 6) is 0.209. The highest BCUT2D eigenvalue weighted by Gasteiger charge is 2.12. The van der Waals surface area contributed by atoms with E-state index in [0.717, 1.165) is 21.0 Å². The standard InChI is InChI=1S/C16H19N3O3S2/c1-9-4-5-10(2)12(6-9)22-7-14(21)19-16-18-11(3)15(24-16)23-8-13(17)20/h4-6H,7-8H2,1-3H3,(H2,17,20)(H,18,19,21). The third kappa shape index (κ3) is 5.24. The van der Waals surface area contributed by atoms with Crippen molar-refractivity contribution in [1.82, 2.24) is 4.98 Å². The number of nitrogens with one attached hydrogen (secondary N) is 1. The molecular formula is C16H19N3O3S2. The largest absolute Gasteiger partial charge is 0.483 e. The molecule has 0 aliphatic carbocycles. The topological polar surface area (TPSA) is 94.3 Å². The first-order valence-corrected chi connectivity index (χ1v) is 9.04. The number of aromatic nitrogens is 1. The van der Waals surface area contributed by atoms with Gasteiger partial charge in [-0.2, -0.15) is 0 Å². The molecular weight excluding hydrogens is 346 g/mol. The minimum absolute atomic E-state index is 0.0906. The van der Waals surface area contributed by atoms with E-state index in [1.807, 2.05) is 39.0 Å². The van der Waals surface area contributed by atoms with Gasteiger partial charge in [-0.05, 0) is 38.0 Å². The van der Waals surface area contributed by atoms with Gasteiger partial charge in [-0.15, -0.1) is 11.8 Å². The molecule has 2 amide bonds. The predicted octanol–water partition coefficient (Wildman–Crippen LogP) is 2.66. The van der Waals surface area contributed by atoms with E-state index < -0.39 is 0 Å². The number of ether oxygens (including phenoxy) is 1. The lowest BCUT2D eigenvalue weighted by molar-refractivity contribution is -0.118. The van der Waals surface area contributed by atoms with Crippen molar-refractivity contribution in [2.45, 2.75) is 25.0 Å². The number of benzene rings is 1. The maximum Gasteiger partial charge on any atom is 0.264 e. The van der Waals surface area contributed by atoms with Crippen LogP contribution in [0.2, 0.25) is 0 Å². The Kier molecular flexibility index (Phi) is 6.22. The molecule has 0 fully saturated rings. The summed E-state index contributed by atoms with van der Waals surface area (Å²) in [4.78, 5) is 27.1. The number of carbonyl (C=O) groups excluding carboxylic acids is 2. The van der Waals surface area contributed by atoms with Crippen LogP contribution in [0.4, 0.5) is 5.13 Å². The van der Waals surface area contributed by atoms with Crippen LogP contribution < -0.4 is 15.8 Å². The second-order valence-electron chi connectivity index (χ2n) is 5.25. The Bertz CT molecular complexity index is 759. The van der Waals surface area contributed by atoms with E-state index in [9.17, 15) is 9.59 Å². The molecule has 0 spiro atoms. The van der Waals surface area contributed by atoms with Crippen molar-refractivity contribution in [2.24, 2.45) is 5.73 Å². The molecule has 6 nitrogen and oxygen atoms in total. The van der Waals surface area contributed by atoms with Crippen molar-refractivity contribution in [3.05, 3.63) is 35.0 Å². The molecule has 0 saturated heterocycles. The highest BCUT2D eigenvalue weighted by Crippen LogP contribution is 2.31. The summed E-state index contributed by atoms with van der Waals surface area (Å²) in [5.41, 5.74) is 7.94. The second-order valence-corrected chi connectivity index (χ2v) is 7.50. The van der Waals surface area contributed by atoms with Crippen LogP contribution >= 0.6 is 23.1 Å². The zero-order chi connectivity index (χ0) is 17.7. The molecule has 3 N–H and O–H groups in total. The normalized spacial score (nSPS) is 10.5. The van der Waals surface area contributed by atoms with E-state index in [4.69, 9.17) is 10.5 Å². The first kappa shape index (κ1) is 18.3. The number of carbonyl (C=O) groups is 2. The van der Waals surface area contributed by atoms with Gasteiger partial charge in [0.25, 0.3) is 5.91 Å². The van der Waals surface area contributed by atoms with E-state index in [0.29, 0.717) is 10.9 Å². The van der Waals surface area contributed by atoms with Crippen molar-refractivity contribution in [1.29, 1.82) is 0 Å². The summed E-state index contributed by atoms with van der Waals surface area (Å²) in [7, 11) is 0. The molecule has 2 rings (SSSR count). The molecule has 128 valence electrons. The summed E-state index contributed by atoms with van der Waals surface area (Å²) in [6.45, 7) is 5.63. The minimum Gasteiger partial charge on any atom is -0.483 e. The number of thiazole rings is 1. The lowest BCUT2D eigenvalue weighted by atomic mass is 10.1. The van der Waals surface area contributed by atoms with E-state index >= 15 is 0 Å². The molecule has 0 unspecified atom stereocenters. The first-order chi connectivity index (χ1) is 11.3. The van der Waals surface area contributed by atoms with Gasteiger partial charge < -0.3 is 10.5 Å². The van der Waals surface area contributed by atoms with Gasteiger partial charge in [0.2, 0.25) is 5.91 Å². The lowest BCUT2D eigenvalue weighted by Crippen LogP contribution is -2.20. The second kappa shape index (κ2) is 8.16. The molecule has 0 aliphatic rings. The Balaban J connectivity index is 1.91. The van der Waals surface area contributed by atoms with Crippen LogP contribution in [0, 0.1) is 20.8 Å². The van der Waals surface area contributed by atoms with E-state index in [1.54, 1.807) is 0 Å². The van der Waals surface area contributed by atoms with Crippen LogP contribution in [0.5, 0.6) is 5.75 Å². The van der Waals surface area contributed by atoms with Gasteiger partial charge in [0.05, 0.1) is 15.7 Å². The van der Waals surface area contributed by atoms with Gasteiger partial charge in [0, 0.05) is 0 Å². The minimum atomic E-state index is -0.389. The van der Waals surface area contributed by atoms with Gasteiger partial charge in [0.1, 0.15) is 5.75 Å². The van der Waals surface area contributed by atoms with Crippen molar-refractivity contribution in [3.8, 4) is 5.75 Å². The molecule has 1 aromatic carbocycles. The quantitative estimate of drug-likeness (QED) is 0.736. The number of rotatable bonds is 7. The molecule has 1 heterocycles. The van der Waals surface area contributed by atoms with Crippen LogP contribution in [0.1, 0.15) is 16.8 Å². The van der Waals surface area contributed by atoms with Crippen LogP contribution in [0.15, 0.2) is 22.4 Å². The Morgan fingerprint density at radius 1 is 1.33 bits per heavy atom. The molecule has 2 aromatic rings. The average Bonchev–Trinajstić information content (AvgIpc) is 2.85. The predicted molar refractivity (Wildman–Crippen MR) is 96.8 cm³/mol. The Labute approximate surface area is 148 Å². The van der Waals surface area contributed by atoms with Crippen LogP contribution in [0.25, 0.3) is 0 Å². The van der Waals surface area contributed by atoms with Crippen molar-refractivity contribution >= 4 is 40.0 Å². The molecule has 0 saturated carbocycles. The SMILES string of the molecule is Cc1ccc(C)c(OCC(=O)Nc2nc(C)c(SCC(N)=O)s2)c1. The van der Waals surface area contributed by atoms with Crippen molar-refractivity contribution < 1.29 is 14.3 Å². The molecule has 8 heteroatoms. The number of aryl methyl sites for hydroxylation is 3. The van der Waals surface area contributed by atoms with Gasteiger partial charge in [0.15, 0.2) is 11.7 Å². The average molecular weight is 365 g/mol. The van der Waals surface area contributed by atoms with Crippen LogP contribution in [-0.2, 0) is 9.59 Å². The van der Waals surface area contributed by atoms with E-state index in [2.05, 4.69) is 10.3 Å². The number of primary amides is 1. The summed E-state index contributed by atoms with van der Waals surface area (Å²) in [5, 5.41) is 3.19. The molecule has 0 atom stereocenters. The first-order valence-electron chi connectivity index (χ1n) is 7.23. The van der Waals surface area contributed by atoms with Crippen molar-refractivity contribution in [2.75, 3.05) is 17.7 Å². The van der Waals surface area contributed by atoms with Crippen LogP contribution in [0.3, 0.4) is 0 Å². The molecule has 0 aliphatic heterocycles. The van der Waals surface area contributed by atoms with Crippen molar-refractivity contribution in [3.63, 3.8) is 0 Å². The zero-order valence-electron chi connectivity index (χ0n) is 13.7. The zero-order valence-corrected chi connectivity index (χ0v) is 15.3.